The highest BCUT2D eigenvalue weighted by molar-refractivity contribution is 5.93. The Morgan fingerprint density at radius 3 is 2.39 bits per heavy atom. The first-order valence-corrected chi connectivity index (χ1v) is 9.24. The molecule has 0 saturated heterocycles. The minimum atomic E-state index is -0.209. The van der Waals surface area contributed by atoms with Crippen LogP contribution in [-0.2, 0) is 6.42 Å². The molecule has 142 valence electrons. The summed E-state index contributed by atoms with van der Waals surface area (Å²) in [5.41, 5.74) is 3.73. The van der Waals surface area contributed by atoms with E-state index in [4.69, 9.17) is 9.47 Å². The van der Waals surface area contributed by atoms with Crippen molar-refractivity contribution in [2.75, 3.05) is 20.8 Å². The topological polar surface area (TPSA) is 51.7 Å². The molecule has 0 fully saturated rings. The summed E-state index contributed by atoms with van der Waals surface area (Å²) in [5, 5.41) is 0. The number of rotatable bonds is 4. The van der Waals surface area contributed by atoms with Crippen molar-refractivity contribution >= 4 is 5.91 Å². The van der Waals surface area contributed by atoms with E-state index in [9.17, 15) is 4.79 Å². The molecule has 1 aliphatic rings. The summed E-state index contributed by atoms with van der Waals surface area (Å²) in [5.74, 6) is 1.29. The summed E-state index contributed by atoms with van der Waals surface area (Å²) < 4.78 is 11.0. The predicted octanol–water partition coefficient (Wildman–Crippen LogP) is 3.89. The molecule has 0 saturated carbocycles. The van der Waals surface area contributed by atoms with Crippen LogP contribution in [0.3, 0.4) is 0 Å². The third-order valence-electron chi connectivity index (χ3n) is 5.13. The number of aromatic nitrogens is 1. The van der Waals surface area contributed by atoms with E-state index in [0.29, 0.717) is 23.7 Å². The molecular weight excluding hydrogens is 352 g/mol. The predicted molar refractivity (Wildman–Crippen MR) is 107 cm³/mol. The van der Waals surface area contributed by atoms with Crippen LogP contribution in [0.25, 0.3) is 0 Å². The Morgan fingerprint density at radius 1 is 1.00 bits per heavy atom. The largest absolute Gasteiger partial charge is 0.493 e. The fourth-order valence-corrected chi connectivity index (χ4v) is 3.80. The fraction of sp³-hybridized carbons (Fsp3) is 0.217. The van der Waals surface area contributed by atoms with Crippen LogP contribution in [0.4, 0.5) is 0 Å². The molecular formula is C23H22N2O3. The monoisotopic (exact) mass is 374 g/mol. The molecule has 0 unspecified atom stereocenters. The molecule has 5 heteroatoms. The van der Waals surface area contributed by atoms with Crippen LogP contribution in [0.15, 0.2) is 66.9 Å². The summed E-state index contributed by atoms with van der Waals surface area (Å²) >= 11 is 0. The average Bonchev–Trinajstić information content (AvgIpc) is 2.77. The van der Waals surface area contributed by atoms with Gasteiger partial charge in [0.05, 0.1) is 20.3 Å². The van der Waals surface area contributed by atoms with Gasteiger partial charge in [-0.25, -0.2) is 0 Å². The Morgan fingerprint density at radius 2 is 1.71 bits per heavy atom. The number of methoxy groups -OCH3 is 2. The van der Waals surface area contributed by atoms with Crippen molar-refractivity contribution in [3.05, 3.63) is 89.2 Å². The summed E-state index contributed by atoms with van der Waals surface area (Å²) in [7, 11) is 3.26. The standard InChI is InChI=1S/C23H22N2O3/c1-27-20-14-17-11-13-25(23(26)19-10-6-7-12-24-19)22(16-8-4-3-5-9-16)18(17)15-21(20)28-2/h3-10,12,14-15,22H,11,13H2,1-2H3/t22-/m1/s1. The molecule has 0 spiro atoms. The van der Waals surface area contributed by atoms with Crippen LogP contribution in [0.2, 0.25) is 0 Å². The van der Waals surface area contributed by atoms with Crippen LogP contribution in [0, 0.1) is 0 Å². The van der Waals surface area contributed by atoms with Gasteiger partial charge in [0.2, 0.25) is 0 Å². The molecule has 1 aromatic heterocycles. The summed E-state index contributed by atoms with van der Waals surface area (Å²) in [6, 6.07) is 19.3. The van der Waals surface area contributed by atoms with Gasteiger partial charge in [0.25, 0.3) is 5.91 Å². The van der Waals surface area contributed by atoms with Gasteiger partial charge < -0.3 is 14.4 Å². The Bertz CT molecular complexity index is 974. The molecule has 2 heterocycles. The molecule has 3 aromatic rings. The second kappa shape index (κ2) is 7.72. The van der Waals surface area contributed by atoms with Gasteiger partial charge in [-0.2, -0.15) is 0 Å². The van der Waals surface area contributed by atoms with Crippen LogP contribution in [-0.4, -0.2) is 36.6 Å². The number of ether oxygens (including phenoxy) is 2. The number of fused-ring (bicyclic) bond motifs is 1. The molecule has 4 rings (SSSR count). The number of carbonyl (C=O) groups is 1. The number of pyridine rings is 1. The molecule has 2 aromatic carbocycles. The van der Waals surface area contributed by atoms with E-state index in [-0.39, 0.29) is 11.9 Å². The molecule has 1 aliphatic heterocycles. The highest BCUT2D eigenvalue weighted by Crippen LogP contribution is 2.41. The van der Waals surface area contributed by atoms with Crippen molar-refractivity contribution in [2.24, 2.45) is 0 Å². The van der Waals surface area contributed by atoms with Crippen LogP contribution in [0.5, 0.6) is 11.5 Å². The molecule has 0 radical (unpaired) electrons. The van der Waals surface area contributed by atoms with Gasteiger partial charge in [-0.3, -0.25) is 9.78 Å². The van der Waals surface area contributed by atoms with Gasteiger partial charge in [0, 0.05) is 12.7 Å². The zero-order chi connectivity index (χ0) is 19.5. The van der Waals surface area contributed by atoms with Gasteiger partial charge in [0.15, 0.2) is 11.5 Å². The van der Waals surface area contributed by atoms with Crippen LogP contribution in [0.1, 0.15) is 33.2 Å². The lowest BCUT2D eigenvalue weighted by Gasteiger charge is -2.38. The molecule has 5 nitrogen and oxygen atoms in total. The third-order valence-corrected chi connectivity index (χ3v) is 5.13. The number of benzene rings is 2. The Hall–Kier alpha value is -3.34. The summed E-state index contributed by atoms with van der Waals surface area (Å²) in [4.78, 5) is 19.4. The zero-order valence-electron chi connectivity index (χ0n) is 16.0. The molecule has 28 heavy (non-hydrogen) atoms. The first kappa shape index (κ1) is 18.0. The van der Waals surface area contributed by atoms with Crippen molar-refractivity contribution in [1.29, 1.82) is 0 Å². The minimum Gasteiger partial charge on any atom is -0.493 e. The van der Waals surface area contributed by atoms with E-state index in [0.717, 1.165) is 23.1 Å². The zero-order valence-corrected chi connectivity index (χ0v) is 16.0. The molecule has 0 aliphatic carbocycles. The van der Waals surface area contributed by atoms with Crippen molar-refractivity contribution in [1.82, 2.24) is 9.88 Å². The van der Waals surface area contributed by atoms with Crippen molar-refractivity contribution in [3.8, 4) is 11.5 Å². The van der Waals surface area contributed by atoms with E-state index in [1.165, 1.54) is 0 Å². The van der Waals surface area contributed by atoms with Crippen molar-refractivity contribution in [2.45, 2.75) is 12.5 Å². The van der Waals surface area contributed by atoms with Gasteiger partial charge in [0.1, 0.15) is 5.69 Å². The minimum absolute atomic E-state index is 0.0742. The number of amides is 1. The third kappa shape index (κ3) is 3.20. The Labute approximate surface area is 164 Å². The average molecular weight is 374 g/mol. The smallest absolute Gasteiger partial charge is 0.273 e. The highest BCUT2D eigenvalue weighted by atomic mass is 16.5. The summed E-state index contributed by atoms with van der Waals surface area (Å²) in [6.07, 6.45) is 2.40. The van der Waals surface area contributed by atoms with E-state index in [2.05, 4.69) is 17.1 Å². The van der Waals surface area contributed by atoms with Crippen LogP contribution < -0.4 is 9.47 Å². The first-order chi connectivity index (χ1) is 13.7. The maximum absolute atomic E-state index is 13.3. The molecule has 0 bridgehead atoms. The second-order valence-electron chi connectivity index (χ2n) is 6.68. The number of hydrogen-bond donors (Lipinski definition) is 0. The molecule has 0 N–H and O–H groups in total. The van der Waals surface area contributed by atoms with E-state index < -0.39 is 0 Å². The second-order valence-corrected chi connectivity index (χ2v) is 6.68. The first-order valence-electron chi connectivity index (χ1n) is 9.24. The normalized spacial score (nSPS) is 15.6. The highest BCUT2D eigenvalue weighted by Gasteiger charge is 2.34. The molecule has 1 amide bonds. The van der Waals surface area contributed by atoms with Gasteiger partial charge in [-0.05, 0) is 47.4 Å². The van der Waals surface area contributed by atoms with Crippen molar-refractivity contribution in [3.63, 3.8) is 0 Å². The number of hydrogen-bond acceptors (Lipinski definition) is 4. The summed E-state index contributed by atoms with van der Waals surface area (Å²) in [6.45, 7) is 0.609. The van der Waals surface area contributed by atoms with E-state index in [1.54, 1.807) is 26.5 Å². The SMILES string of the molecule is COc1cc2c(cc1OC)[C@@H](c1ccccc1)N(C(=O)c1ccccn1)CC2. The maximum atomic E-state index is 13.3. The van der Waals surface area contributed by atoms with E-state index in [1.807, 2.05) is 47.4 Å². The number of nitrogens with zero attached hydrogens (tertiary/aromatic N) is 2. The Kier molecular flexibility index (Phi) is 4.98. The fourth-order valence-electron chi connectivity index (χ4n) is 3.80. The lowest BCUT2D eigenvalue weighted by Crippen LogP contribution is -2.41. The quantitative estimate of drug-likeness (QED) is 0.695. The maximum Gasteiger partial charge on any atom is 0.273 e. The van der Waals surface area contributed by atoms with Gasteiger partial charge in [-0.1, -0.05) is 36.4 Å². The van der Waals surface area contributed by atoms with Gasteiger partial charge in [-0.15, -0.1) is 0 Å². The van der Waals surface area contributed by atoms with Crippen molar-refractivity contribution < 1.29 is 14.3 Å². The molecule has 1 atom stereocenters. The lowest BCUT2D eigenvalue weighted by molar-refractivity contribution is 0.0688. The Balaban J connectivity index is 1.84. The van der Waals surface area contributed by atoms with Gasteiger partial charge >= 0.3 is 0 Å². The lowest BCUT2D eigenvalue weighted by atomic mass is 9.87. The number of carbonyl (C=O) groups excluding carboxylic acids is 1. The van der Waals surface area contributed by atoms with E-state index >= 15 is 0 Å². The van der Waals surface area contributed by atoms with Crippen LogP contribution >= 0.6 is 0 Å².